The number of ketones is 1. The lowest BCUT2D eigenvalue weighted by Crippen LogP contribution is -2.21. The van der Waals surface area contributed by atoms with E-state index in [2.05, 4.69) is 5.32 Å². The molecule has 0 bridgehead atoms. The molecule has 0 unspecified atom stereocenters. The summed E-state index contributed by atoms with van der Waals surface area (Å²) < 4.78 is 56.8. The number of Topliss-reactive ketones (excluding diaryl/α,β-unsaturated/α-hetero) is 1. The van der Waals surface area contributed by atoms with Crippen LogP contribution in [-0.2, 0) is 22.2 Å². The summed E-state index contributed by atoms with van der Waals surface area (Å²) >= 11 is 0. The van der Waals surface area contributed by atoms with Gasteiger partial charge in [0.1, 0.15) is 17.3 Å². The average Bonchev–Trinajstić information content (AvgIpc) is 2.60. The van der Waals surface area contributed by atoms with Crippen LogP contribution in [0.4, 0.5) is 23.2 Å². The van der Waals surface area contributed by atoms with Gasteiger partial charge in [0, 0.05) is 6.42 Å². The molecule has 2 aromatic rings. The third-order valence-corrected chi connectivity index (χ3v) is 3.63. The SMILES string of the molecule is CC(=O)CCc1ccc(OCC(=O)Nc2cc(C(F)(F)F)ccc2F)cc1. The minimum Gasteiger partial charge on any atom is -0.484 e. The summed E-state index contributed by atoms with van der Waals surface area (Å²) in [4.78, 5) is 22.8. The van der Waals surface area contributed by atoms with Gasteiger partial charge in [0.25, 0.3) is 5.91 Å². The highest BCUT2D eigenvalue weighted by atomic mass is 19.4. The number of halogens is 4. The molecule has 0 aliphatic heterocycles. The maximum absolute atomic E-state index is 13.6. The molecule has 0 radical (unpaired) electrons. The Balaban J connectivity index is 1.92. The molecule has 0 saturated carbocycles. The van der Waals surface area contributed by atoms with Crippen molar-refractivity contribution in [2.24, 2.45) is 0 Å². The van der Waals surface area contributed by atoms with E-state index in [1.165, 1.54) is 6.92 Å². The number of alkyl halides is 3. The first-order valence-electron chi connectivity index (χ1n) is 8.03. The third kappa shape index (κ3) is 6.40. The maximum Gasteiger partial charge on any atom is 0.416 e. The van der Waals surface area contributed by atoms with Gasteiger partial charge < -0.3 is 14.8 Å². The number of rotatable bonds is 7. The van der Waals surface area contributed by atoms with Crippen molar-refractivity contribution in [2.75, 3.05) is 11.9 Å². The molecule has 27 heavy (non-hydrogen) atoms. The fourth-order valence-electron chi connectivity index (χ4n) is 2.21. The van der Waals surface area contributed by atoms with Gasteiger partial charge in [-0.2, -0.15) is 13.2 Å². The number of ether oxygens (including phenoxy) is 1. The molecular weight excluding hydrogens is 366 g/mol. The number of carbonyl (C=O) groups excluding carboxylic acids is 2. The molecule has 4 nitrogen and oxygen atoms in total. The highest BCUT2D eigenvalue weighted by molar-refractivity contribution is 5.92. The van der Waals surface area contributed by atoms with Crippen molar-refractivity contribution in [3.05, 3.63) is 59.4 Å². The van der Waals surface area contributed by atoms with Gasteiger partial charge in [-0.1, -0.05) is 12.1 Å². The molecule has 2 rings (SSSR count). The van der Waals surface area contributed by atoms with Crippen molar-refractivity contribution < 1.29 is 31.9 Å². The van der Waals surface area contributed by atoms with E-state index in [4.69, 9.17) is 4.74 Å². The molecule has 0 heterocycles. The van der Waals surface area contributed by atoms with Crippen molar-refractivity contribution in [1.29, 1.82) is 0 Å². The minimum absolute atomic E-state index is 0.0776. The number of aryl methyl sites for hydroxylation is 1. The first-order chi connectivity index (χ1) is 12.6. The number of carbonyl (C=O) groups is 2. The molecule has 2 aromatic carbocycles. The normalized spacial score (nSPS) is 11.1. The van der Waals surface area contributed by atoms with Crippen LogP contribution in [0.3, 0.4) is 0 Å². The van der Waals surface area contributed by atoms with Gasteiger partial charge >= 0.3 is 6.18 Å². The number of hydrogen-bond acceptors (Lipinski definition) is 3. The summed E-state index contributed by atoms with van der Waals surface area (Å²) in [6.45, 7) is 1.01. The van der Waals surface area contributed by atoms with E-state index in [1.807, 2.05) is 0 Å². The van der Waals surface area contributed by atoms with E-state index < -0.39 is 35.8 Å². The zero-order valence-corrected chi connectivity index (χ0v) is 14.4. The first kappa shape index (κ1) is 20.4. The van der Waals surface area contributed by atoms with Crippen LogP contribution in [0.1, 0.15) is 24.5 Å². The van der Waals surface area contributed by atoms with Crippen LogP contribution in [0.2, 0.25) is 0 Å². The van der Waals surface area contributed by atoms with E-state index >= 15 is 0 Å². The molecular formula is C19H17F4NO3. The molecule has 0 aliphatic rings. The van der Waals surface area contributed by atoms with Crippen LogP contribution >= 0.6 is 0 Å². The number of anilines is 1. The van der Waals surface area contributed by atoms with E-state index in [0.29, 0.717) is 36.8 Å². The highest BCUT2D eigenvalue weighted by Crippen LogP contribution is 2.31. The van der Waals surface area contributed by atoms with Gasteiger partial charge in [0.15, 0.2) is 6.61 Å². The third-order valence-electron chi connectivity index (χ3n) is 3.63. The highest BCUT2D eigenvalue weighted by Gasteiger charge is 2.31. The Morgan fingerprint density at radius 1 is 1.07 bits per heavy atom. The topological polar surface area (TPSA) is 55.4 Å². The Hall–Kier alpha value is -2.90. The molecule has 0 aliphatic carbocycles. The van der Waals surface area contributed by atoms with Gasteiger partial charge in [0.05, 0.1) is 11.3 Å². The molecule has 0 fully saturated rings. The van der Waals surface area contributed by atoms with Gasteiger partial charge in [-0.05, 0) is 49.2 Å². The van der Waals surface area contributed by atoms with E-state index in [1.54, 1.807) is 24.3 Å². The monoisotopic (exact) mass is 383 g/mol. The smallest absolute Gasteiger partial charge is 0.416 e. The summed E-state index contributed by atoms with van der Waals surface area (Å²) in [5.74, 6) is -1.34. The lowest BCUT2D eigenvalue weighted by molar-refractivity contribution is -0.137. The zero-order valence-electron chi connectivity index (χ0n) is 14.4. The molecule has 8 heteroatoms. The van der Waals surface area contributed by atoms with Crippen LogP contribution in [0, 0.1) is 5.82 Å². The second-order valence-corrected chi connectivity index (χ2v) is 5.88. The molecule has 1 N–H and O–H groups in total. The van der Waals surface area contributed by atoms with E-state index in [9.17, 15) is 27.2 Å². The summed E-state index contributed by atoms with van der Waals surface area (Å²) in [6, 6.07) is 8.44. The predicted octanol–water partition coefficient (Wildman–Crippen LogP) is 4.38. The van der Waals surface area contributed by atoms with E-state index in [0.717, 1.165) is 5.56 Å². The Morgan fingerprint density at radius 3 is 2.33 bits per heavy atom. The Morgan fingerprint density at radius 2 is 1.74 bits per heavy atom. The van der Waals surface area contributed by atoms with Crippen LogP contribution in [-0.4, -0.2) is 18.3 Å². The van der Waals surface area contributed by atoms with Gasteiger partial charge in [-0.25, -0.2) is 4.39 Å². The zero-order chi connectivity index (χ0) is 20.0. The molecule has 0 atom stereocenters. The largest absolute Gasteiger partial charge is 0.484 e. The van der Waals surface area contributed by atoms with Crippen molar-refractivity contribution in [1.82, 2.24) is 0 Å². The van der Waals surface area contributed by atoms with Crippen molar-refractivity contribution in [3.8, 4) is 5.75 Å². The quantitative estimate of drug-likeness (QED) is 0.722. The Bertz CT molecular complexity index is 817. The fourth-order valence-corrected chi connectivity index (χ4v) is 2.21. The summed E-state index contributed by atoms with van der Waals surface area (Å²) in [6.07, 6.45) is -3.64. The summed E-state index contributed by atoms with van der Waals surface area (Å²) in [7, 11) is 0. The van der Waals surface area contributed by atoms with Crippen molar-refractivity contribution >= 4 is 17.4 Å². The van der Waals surface area contributed by atoms with Crippen molar-refractivity contribution in [3.63, 3.8) is 0 Å². The fraction of sp³-hybridized carbons (Fsp3) is 0.263. The van der Waals surface area contributed by atoms with Crippen LogP contribution in [0.5, 0.6) is 5.75 Å². The second-order valence-electron chi connectivity index (χ2n) is 5.88. The Labute approximate surface area is 153 Å². The summed E-state index contributed by atoms with van der Waals surface area (Å²) in [5, 5.41) is 2.06. The average molecular weight is 383 g/mol. The first-order valence-corrected chi connectivity index (χ1v) is 8.03. The number of amides is 1. The Kier molecular flexibility index (Phi) is 6.55. The molecule has 1 amide bonds. The van der Waals surface area contributed by atoms with Crippen LogP contribution < -0.4 is 10.1 Å². The van der Waals surface area contributed by atoms with E-state index in [-0.39, 0.29) is 5.78 Å². The van der Waals surface area contributed by atoms with Gasteiger partial charge in [0.2, 0.25) is 0 Å². The lowest BCUT2D eigenvalue weighted by atomic mass is 10.1. The standard InChI is InChI=1S/C19H17F4NO3/c1-12(25)2-3-13-4-7-15(8-5-13)27-11-18(26)24-17-10-14(19(21,22)23)6-9-16(17)20/h4-10H,2-3,11H2,1H3,(H,24,26). The van der Waals surface area contributed by atoms with Gasteiger partial charge in [-0.15, -0.1) is 0 Å². The van der Waals surface area contributed by atoms with Gasteiger partial charge in [-0.3, -0.25) is 4.79 Å². The number of hydrogen-bond donors (Lipinski definition) is 1. The van der Waals surface area contributed by atoms with Crippen LogP contribution in [0.15, 0.2) is 42.5 Å². The second kappa shape index (κ2) is 8.66. The maximum atomic E-state index is 13.6. The molecule has 0 saturated heterocycles. The lowest BCUT2D eigenvalue weighted by Gasteiger charge is -2.11. The van der Waals surface area contributed by atoms with Crippen LogP contribution in [0.25, 0.3) is 0 Å². The minimum atomic E-state index is -4.65. The number of nitrogens with one attached hydrogen (secondary N) is 1. The molecule has 144 valence electrons. The predicted molar refractivity (Wildman–Crippen MR) is 91.0 cm³/mol. The molecule has 0 spiro atoms. The van der Waals surface area contributed by atoms with Crippen molar-refractivity contribution in [2.45, 2.75) is 25.9 Å². The molecule has 0 aromatic heterocycles. The summed E-state index contributed by atoms with van der Waals surface area (Å²) in [5.41, 5.74) is -0.715. The number of benzene rings is 2.